The lowest BCUT2D eigenvalue weighted by Crippen LogP contribution is -2.58. The van der Waals surface area contributed by atoms with Gasteiger partial charge in [-0.1, -0.05) is 152 Å². The van der Waals surface area contributed by atoms with Crippen LogP contribution in [-0.4, -0.2) is 6.71 Å². The van der Waals surface area contributed by atoms with E-state index in [-0.39, 0.29) is 6.71 Å². The van der Waals surface area contributed by atoms with E-state index in [2.05, 4.69) is 142 Å². The predicted molar refractivity (Wildman–Crippen MR) is 197 cm³/mol. The first-order chi connectivity index (χ1) is 21.0. The molecule has 6 aromatic rings. The summed E-state index contributed by atoms with van der Waals surface area (Å²) in [6, 6.07) is 29.1. The third-order valence-corrected chi connectivity index (χ3v) is 10.5. The second kappa shape index (κ2) is 10.5. The molecule has 44 heavy (non-hydrogen) atoms. The summed E-state index contributed by atoms with van der Waals surface area (Å²) < 4.78 is 0. The van der Waals surface area contributed by atoms with Crippen LogP contribution in [0.2, 0.25) is 0 Å². The molecule has 0 spiro atoms. The summed E-state index contributed by atoms with van der Waals surface area (Å²) in [5.74, 6) is 2.26. The molecule has 6 aromatic carbocycles. The van der Waals surface area contributed by atoms with Gasteiger partial charge in [0.2, 0.25) is 6.71 Å². The van der Waals surface area contributed by atoms with Gasteiger partial charge in [-0.3, -0.25) is 0 Å². The average molecular weight is 575 g/mol. The summed E-state index contributed by atoms with van der Waals surface area (Å²) in [4.78, 5) is 0. The maximum atomic E-state index is 2.56. The minimum Gasteiger partial charge on any atom is -0.0657 e. The Morgan fingerprint density at radius 2 is 0.909 bits per heavy atom. The van der Waals surface area contributed by atoms with Gasteiger partial charge in [-0.15, -0.1) is 0 Å². The highest BCUT2D eigenvalue weighted by Crippen LogP contribution is 2.43. The van der Waals surface area contributed by atoms with Crippen molar-refractivity contribution in [3.63, 3.8) is 0 Å². The minimum absolute atomic E-state index is 0.191. The van der Waals surface area contributed by atoms with Gasteiger partial charge in [0.05, 0.1) is 0 Å². The standard InChI is InChI=1S/C43H47B/c1-23(2)31-19-33(25(5)6)42(34(20-31)26(7)8)44-38-17-16-29-15-14-28-12-11-13-30-18-36(41(38)40(29)39(28)30)37-22-32(24(3)4)21-35(27(9)10)43(37)44/h11-27H,1-10H3. The molecule has 0 aromatic heterocycles. The third kappa shape index (κ3) is 4.26. The van der Waals surface area contributed by atoms with E-state index in [4.69, 9.17) is 0 Å². The Morgan fingerprint density at radius 3 is 1.48 bits per heavy atom. The minimum atomic E-state index is 0.191. The SMILES string of the molecule is CC(C)c1cc2c(c(C(C)C)c1)B(c1c(C(C)C)cc(C(C)C)cc1C(C)C)c1ccc3ccc4cccc5cc-2c1c3c45. The lowest BCUT2D eigenvalue weighted by Gasteiger charge is -2.35. The van der Waals surface area contributed by atoms with Crippen molar-refractivity contribution in [3.8, 4) is 11.1 Å². The van der Waals surface area contributed by atoms with Gasteiger partial charge < -0.3 is 0 Å². The lowest BCUT2D eigenvalue weighted by molar-refractivity contribution is 0.812. The van der Waals surface area contributed by atoms with E-state index < -0.39 is 0 Å². The second-order valence-electron chi connectivity index (χ2n) is 15.1. The molecule has 0 amide bonds. The summed E-state index contributed by atoms with van der Waals surface area (Å²) in [7, 11) is 0. The molecule has 1 heterocycles. The van der Waals surface area contributed by atoms with E-state index >= 15 is 0 Å². The van der Waals surface area contributed by atoms with Crippen molar-refractivity contribution in [1.29, 1.82) is 0 Å². The van der Waals surface area contributed by atoms with Crippen LogP contribution in [0.3, 0.4) is 0 Å². The molecule has 0 radical (unpaired) electrons. The monoisotopic (exact) mass is 574 g/mol. The van der Waals surface area contributed by atoms with E-state index in [1.165, 1.54) is 82.2 Å². The first-order valence-corrected chi connectivity index (χ1v) is 17.0. The van der Waals surface area contributed by atoms with Crippen LogP contribution in [0.1, 0.15) is 127 Å². The van der Waals surface area contributed by atoms with Crippen LogP contribution >= 0.6 is 0 Å². The quantitative estimate of drug-likeness (QED) is 0.137. The molecule has 0 bridgehead atoms. The van der Waals surface area contributed by atoms with Crippen molar-refractivity contribution in [2.45, 2.75) is 98.8 Å². The fraction of sp³-hybridized carbons (Fsp3) is 0.349. The molecule has 1 heteroatoms. The number of rotatable bonds is 6. The van der Waals surface area contributed by atoms with Gasteiger partial charge in [-0.05, 0) is 107 Å². The summed E-state index contributed by atoms with van der Waals surface area (Å²) in [5, 5.41) is 8.37. The van der Waals surface area contributed by atoms with E-state index in [1.54, 1.807) is 5.46 Å². The first-order valence-electron chi connectivity index (χ1n) is 17.0. The van der Waals surface area contributed by atoms with Crippen LogP contribution in [0.4, 0.5) is 0 Å². The van der Waals surface area contributed by atoms with Gasteiger partial charge in [-0.2, -0.15) is 0 Å². The topological polar surface area (TPSA) is 0 Å². The molecule has 0 N–H and O–H groups in total. The zero-order chi connectivity index (χ0) is 31.2. The van der Waals surface area contributed by atoms with Gasteiger partial charge in [0, 0.05) is 0 Å². The van der Waals surface area contributed by atoms with Gasteiger partial charge in [0.15, 0.2) is 0 Å². The third-order valence-electron chi connectivity index (χ3n) is 10.5. The molecule has 0 saturated carbocycles. The molecular weight excluding hydrogens is 527 g/mol. The molecule has 222 valence electrons. The highest BCUT2D eigenvalue weighted by molar-refractivity contribution is 6.99. The van der Waals surface area contributed by atoms with Gasteiger partial charge >= 0.3 is 0 Å². The van der Waals surface area contributed by atoms with Crippen LogP contribution in [0.5, 0.6) is 0 Å². The van der Waals surface area contributed by atoms with Gasteiger partial charge in [-0.25, -0.2) is 0 Å². The Hall–Kier alpha value is -3.58. The van der Waals surface area contributed by atoms with Crippen LogP contribution in [-0.2, 0) is 0 Å². The van der Waals surface area contributed by atoms with Crippen LogP contribution < -0.4 is 16.4 Å². The van der Waals surface area contributed by atoms with Crippen molar-refractivity contribution in [2.75, 3.05) is 0 Å². The van der Waals surface area contributed by atoms with Gasteiger partial charge in [0.25, 0.3) is 0 Å². The zero-order valence-electron chi connectivity index (χ0n) is 28.4. The number of benzene rings is 6. The molecule has 1 aliphatic rings. The Labute approximate surface area is 265 Å². The Balaban J connectivity index is 1.74. The van der Waals surface area contributed by atoms with Crippen LogP contribution in [0.25, 0.3) is 43.4 Å². The number of fused-ring (bicyclic) bond motifs is 2. The Morgan fingerprint density at radius 1 is 0.409 bits per heavy atom. The normalized spacial score (nSPS) is 13.3. The molecule has 7 rings (SSSR count). The fourth-order valence-electron chi connectivity index (χ4n) is 8.19. The molecule has 0 atom stereocenters. The summed E-state index contributed by atoms with van der Waals surface area (Å²) in [6.07, 6.45) is 0. The lowest BCUT2D eigenvalue weighted by atomic mass is 9.31. The maximum Gasteiger partial charge on any atom is 0.243 e. The molecule has 0 nitrogen and oxygen atoms in total. The van der Waals surface area contributed by atoms with E-state index in [0.717, 1.165) is 0 Å². The molecule has 0 aliphatic carbocycles. The summed E-state index contributed by atoms with van der Waals surface area (Å²) >= 11 is 0. The van der Waals surface area contributed by atoms with E-state index in [1.807, 2.05) is 0 Å². The van der Waals surface area contributed by atoms with Crippen LogP contribution in [0, 0.1) is 0 Å². The fourth-order valence-corrected chi connectivity index (χ4v) is 8.19. The molecule has 0 fully saturated rings. The number of hydrogen-bond donors (Lipinski definition) is 0. The van der Waals surface area contributed by atoms with Gasteiger partial charge in [0.1, 0.15) is 0 Å². The number of hydrogen-bond acceptors (Lipinski definition) is 0. The van der Waals surface area contributed by atoms with E-state index in [0.29, 0.717) is 29.6 Å². The highest BCUT2D eigenvalue weighted by Gasteiger charge is 2.39. The van der Waals surface area contributed by atoms with Crippen molar-refractivity contribution in [1.82, 2.24) is 0 Å². The van der Waals surface area contributed by atoms with Crippen LogP contribution in [0.15, 0.2) is 72.8 Å². The van der Waals surface area contributed by atoms with Crippen molar-refractivity contribution < 1.29 is 0 Å². The van der Waals surface area contributed by atoms with Crippen molar-refractivity contribution in [3.05, 3.63) is 101 Å². The molecular formula is C43H47B. The smallest absolute Gasteiger partial charge is 0.0657 e. The largest absolute Gasteiger partial charge is 0.243 e. The summed E-state index contributed by atoms with van der Waals surface area (Å²) in [6.45, 7) is 24.0. The first kappa shape index (κ1) is 29.2. The Bertz CT molecular complexity index is 2020. The maximum absolute atomic E-state index is 2.56. The van der Waals surface area contributed by atoms with E-state index in [9.17, 15) is 0 Å². The summed E-state index contributed by atoms with van der Waals surface area (Å²) in [5.41, 5.74) is 14.9. The van der Waals surface area contributed by atoms with Crippen molar-refractivity contribution in [2.24, 2.45) is 0 Å². The molecule has 1 aliphatic heterocycles. The zero-order valence-corrected chi connectivity index (χ0v) is 28.4. The predicted octanol–water partition coefficient (Wildman–Crippen LogP) is 10.7. The molecule has 0 unspecified atom stereocenters. The second-order valence-corrected chi connectivity index (χ2v) is 15.1. The average Bonchev–Trinajstić information content (AvgIpc) is 2.99. The highest BCUT2D eigenvalue weighted by atomic mass is 14.3. The molecule has 0 saturated heterocycles. The Kier molecular flexibility index (Phi) is 6.96. The van der Waals surface area contributed by atoms with Crippen molar-refractivity contribution >= 4 is 55.4 Å².